The number of rotatable bonds is 3. The first-order chi connectivity index (χ1) is 9.60. The maximum atomic E-state index is 11.5. The number of urea groups is 1. The van der Waals surface area contributed by atoms with Gasteiger partial charge in [0, 0.05) is 33.2 Å². The molecule has 0 saturated carbocycles. The van der Waals surface area contributed by atoms with Crippen LogP contribution in [0.4, 0.5) is 16.4 Å². The van der Waals surface area contributed by atoms with Crippen LogP contribution in [0.15, 0.2) is 12.4 Å². The van der Waals surface area contributed by atoms with Crippen molar-refractivity contribution in [3.05, 3.63) is 12.4 Å². The van der Waals surface area contributed by atoms with Gasteiger partial charge in [-0.3, -0.25) is 5.32 Å². The monoisotopic (exact) mass is 278 g/mol. The molecule has 0 radical (unpaired) electrons. The molecule has 2 heterocycles. The zero-order chi connectivity index (χ0) is 14.5. The highest BCUT2D eigenvalue weighted by Gasteiger charge is 2.19. The van der Waals surface area contributed by atoms with Gasteiger partial charge in [0.05, 0.1) is 12.4 Å². The van der Waals surface area contributed by atoms with Crippen LogP contribution in [0.1, 0.15) is 12.8 Å². The zero-order valence-electron chi connectivity index (χ0n) is 12.3. The summed E-state index contributed by atoms with van der Waals surface area (Å²) in [5.74, 6) is 1.33. The third-order valence-corrected chi connectivity index (χ3v) is 3.51. The second-order valence-electron chi connectivity index (χ2n) is 5.13. The Bertz CT molecular complexity index is 439. The minimum absolute atomic E-state index is 0.207. The number of carbonyl (C=O) groups excluding carboxylic acids is 1. The van der Waals surface area contributed by atoms with Crippen LogP contribution in [0.3, 0.4) is 0 Å². The Kier molecular flexibility index (Phi) is 4.73. The van der Waals surface area contributed by atoms with Gasteiger partial charge in [-0.1, -0.05) is 0 Å². The molecule has 0 bridgehead atoms. The Morgan fingerprint density at radius 2 is 2.00 bits per heavy atom. The molecule has 0 spiro atoms. The van der Waals surface area contributed by atoms with Crippen molar-refractivity contribution in [2.45, 2.75) is 18.9 Å². The van der Waals surface area contributed by atoms with Gasteiger partial charge in [0.2, 0.25) is 0 Å². The average molecular weight is 278 g/mol. The zero-order valence-corrected chi connectivity index (χ0v) is 12.3. The summed E-state index contributed by atoms with van der Waals surface area (Å²) in [6.45, 7) is 1.95. The Hall–Kier alpha value is -1.89. The largest absolute Gasteiger partial charge is 0.355 e. The molecule has 110 valence electrons. The number of aromatic nitrogens is 2. The third kappa shape index (κ3) is 3.57. The lowest BCUT2D eigenvalue weighted by atomic mass is 10.1. The van der Waals surface area contributed by atoms with E-state index in [1.165, 1.54) is 4.90 Å². The molecular formula is C13H22N6O. The van der Waals surface area contributed by atoms with E-state index in [4.69, 9.17) is 0 Å². The van der Waals surface area contributed by atoms with Crippen LogP contribution in [0.2, 0.25) is 0 Å². The SMILES string of the molecule is CNC1CCN(c2cnc(NC(=O)N(C)C)cn2)CC1. The fourth-order valence-electron chi connectivity index (χ4n) is 2.17. The van der Waals surface area contributed by atoms with Crippen LogP contribution in [-0.4, -0.2) is 61.2 Å². The van der Waals surface area contributed by atoms with Crippen LogP contribution in [0.5, 0.6) is 0 Å². The van der Waals surface area contributed by atoms with E-state index >= 15 is 0 Å². The first-order valence-electron chi connectivity index (χ1n) is 6.82. The summed E-state index contributed by atoms with van der Waals surface area (Å²) in [4.78, 5) is 23.8. The second kappa shape index (κ2) is 6.51. The molecule has 1 aliphatic heterocycles. The van der Waals surface area contributed by atoms with E-state index in [-0.39, 0.29) is 6.03 Å². The van der Waals surface area contributed by atoms with Crippen LogP contribution < -0.4 is 15.5 Å². The number of carbonyl (C=O) groups is 1. The van der Waals surface area contributed by atoms with E-state index in [9.17, 15) is 4.79 Å². The summed E-state index contributed by atoms with van der Waals surface area (Å²) in [7, 11) is 5.37. The number of anilines is 2. The fraction of sp³-hybridized carbons (Fsp3) is 0.615. The molecule has 7 heteroatoms. The molecule has 0 aliphatic carbocycles. The smallest absolute Gasteiger partial charge is 0.322 e. The molecule has 2 rings (SSSR count). The normalized spacial score (nSPS) is 16.1. The molecule has 0 aromatic carbocycles. The topological polar surface area (TPSA) is 73.4 Å². The third-order valence-electron chi connectivity index (χ3n) is 3.51. The maximum absolute atomic E-state index is 11.5. The van der Waals surface area contributed by atoms with Crippen molar-refractivity contribution in [2.24, 2.45) is 0 Å². The number of nitrogens with one attached hydrogen (secondary N) is 2. The summed E-state index contributed by atoms with van der Waals surface area (Å²) in [6, 6.07) is 0.389. The van der Waals surface area contributed by atoms with Crippen molar-refractivity contribution in [1.29, 1.82) is 0 Å². The van der Waals surface area contributed by atoms with E-state index in [2.05, 4.69) is 25.5 Å². The van der Waals surface area contributed by atoms with Crippen molar-refractivity contribution in [3.8, 4) is 0 Å². The molecule has 0 unspecified atom stereocenters. The first kappa shape index (κ1) is 14.5. The average Bonchev–Trinajstić information content (AvgIpc) is 2.48. The molecule has 0 atom stereocenters. The highest BCUT2D eigenvalue weighted by Crippen LogP contribution is 2.17. The van der Waals surface area contributed by atoms with Gasteiger partial charge in [-0.25, -0.2) is 14.8 Å². The Labute approximate surface area is 119 Å². The minimum atomic E-state index is -0.207. The predicted octanol–water partition coefficient (Wildman–Crippen LogP) is 0.758. The van der Waals surface area contributed by atoms with Crippen LogP contribution in [-0.2, 0) is 0 Å². The van der Waals surface area contributed by atoms with Gasteiger partial charge in [-0.15, -0.1) is 0 Å². The first-order valence-corrected chi connectivity index (χ1v) is 6.82. The highest BCUT2D eigenvalue weighted by atomic mass is 16.2. The summed E-state index contributed by atoms with van der Waals surface area (Å²) in [5.41, 5.74) is 0. The lowest BCUT2D eigenvalue weighted by molar-refractivity contribution is 0.230. The molecule has 20 heavy (non-hydrogen) atoms. The standard InChI is InChI=1S/C13H22N6O/c1-14-10-4-6-19(7-5-10)12-9-15-11(8-16-12)17-13(20)18(2)3/h8-10,14H,4-7H2,1-3H3,(H,15,17,20). The number of piperidine rings is 1. The molecular weight excluding hydrogens is 256 g/mol. The van der Waals surface area contributed by atoms with Gasteiger partial charge in [-0.2, -0.15) is 0 Å². The van der Waals surface area contributed by atoms with Crippen molar-refractivity contribution < 1.29 is 4.79 Å². The summed E-state index contributed by atoms with van der Waals surface area (Å²) < 4.78 is 0. The Balaban J connectivity index is 1.93. The van der Waals surface area contributed by atoms with E-state index in [0.29, 0.717) is 11.9 Å². The van der Waals surface area contributed by atoms with Gasteiger partial charge in [0.15, 0.2) is 5.82 Å². The van der Waals surface area contributed by atoms with E-state index in [0.717, 1.165) is 31.7 Å². The van der Waals surface area contributed by atoms with E-state index in [1.807, 2.05) is 7.05 Å². The van der Waals surface area contributed by atoms with Crippen LogP contribution in [0.25, 0.3) is 0 Å². The molecule has 2 N–H and O–H groups in total. The van der Waals surface area contributed by atoms with E-state index in [1.54, 1.807) is 26.5 Å². The summed E-state index contributed by atoms with van der Waals surface area (Å²) >= 11 is 0. The number of amides is 2. The van der Waals surface area contributed by atoms with Crippen molar-refractivity contribution >= 4 is 17.7 Å². The Morgan fingerprint density at radius 1 is 1.30 bits per heavy atom. The van der Waals surface area contributed by atoms with Gasteiger partial charge in [0.25, 0.3) is 0 Å². The second-order valence-corrected chi connectivity index (χ2v) is 5.13. The maximum Gasteiger partial charge on any atom is 0.322 e. The van der Waals surface area contributed by atoms with Gasteiger partial charge in [-0.05, 0) is 19.9 Å². The Morgan fingerprint density at radius 3 is 2.50 bits per heavy atom. The van der Waals surface area contributed by atoms with Crippen molar-refractivity contribution in [3.63, 3.8) is 0 Å². The van der Waals surface area contributed by atoms with Crippen LogP contribution in [0, 0.1) is 0 Å². The molecule has 1 saturated heterocycles. The minimum Gasteiger partial charge on any atom is -0.355 e. The van der Waals surface area contributed by atoms with Gasteiger partial charge < -0.3 is 15.1 Å². The lowest BCUT2D eigenvalue weighted by Gasteiger charge is -2.32. The molecule has 1 aromatic rings. The molecule has 2 amide bonds. The summed E-state index contributed by atoms with van der Waals surface area (Å²) in [5, 5.41) is 5.97. The molecule has 1 fully saturated rings. The predicted molar refractivity (Wildman–Crippen MR) is 79.0 cm³/mol. The summed E-state index contributed by atoms with van der Waals surface area (Å²) in [6.07, 6.45) is 5.53. The lowest BCUT2D eigenvalue weighted by Crippen LogP contribution is -2.41. The molecule has 1 aliphatic rings. The van der Waals surface area contributed by atoms with Gasteiger partial charge in [0.1, 0.15) is 5.82 Å². The van der Waals surface area contributed by atoms with E-state index < -0.39 is 0 Å². The highest BCUT2D eigenvalue weighted by molar-refractivity contribution is 5.87. The number of hydrogen-bond donors (Lipinski definition) is 2. The molecule has 1 aromatic heterocycles. The quantitative estimate of drug-likeness (QED) is 0.854. The number of nitrogens with zero attached hydrogens (tertiary/aromatic N) is 4. The van der Waals surface area contributed by atoms with Gasteiger partial charge >= 0.3 is 6.03 Å². The van der Waals surface area contributed by atoms with Crippen LogP contribution >= 0.6 is 0 Å². The number of hydrogen-bond acceptors (Lipinski definition) is 5. The molecule has 7 nitrogen and oxygen atoms in total. The van der Waals surface area contributed by atoms with Crippen molar-refractivity contribution in [2.75, 3.05) is 44.4 Å². The fourth-order valence-corrected chi connectivity index (χ4v) is 2.17. The van der Waals surface area contributed by atoms with Crippen molar-refractivity contribution in [1.82, 2.24) is 20.2 Å².